The Balaban J connectivity index is 2.96. The molecule has 3 nitrogen and oxygen atoms in total. The highest BCUT2D eigenvalue weighted by Gasteiger charge is 2.15. The summed E-state index contributed by atoms with van der Waals surface area (Å²) in [7, 11) is 0. The van der Waals surface area contributed by atoms with Crippen LogP contribution in [-0.4, -0.2) is 17.7 Å². The third-order valence-electron chi connectivity index (χ3n) is 3.27. The summed E-state index contributed by atoms with van der Waals surface area (Å²) < 4.78 is 5.01. The van der Waals surface area contributed by atoms with E-state index in [0.717, 1.165) is 22.8 Å². The van der Waals surface area contributed by atoms with Gasteiger partial charge in [0.05, 0.1) is 6.61 Å². The number of hydrogen-bond acceptors (Lipinski definition) is 3. The van der Waals surface area contributed by atoms with Gasteiger partial charge >= 0.3 is 5.97 Å². The minimum Gasteiger partial charge on any atom is -0.507 e. The van der Waals surface area contributed by atoms with E-state index in [1.807, 2.05) is 12.1 Å². The Morgan fingerprint density at radius 3 is 2.15 bits per heavy atom. The summed E-state index contributed by atoms with van der Waals surface area (Å²) in [6, 6.07) is 3.99. The third kappa shape index (κ3) is 4.12. The minimum atomic E-state index is -0.406. The number of hydrogen-bond donors (Lipinski definition) is 1. The maximum Gasteiger partial charge on any atom is 0.330 e. The summed E-state index contributed by atoms with van der Waals surface area (Å²) in [5, 5.41) is 10.3. The second kappa shape index (κ2) is 7.13. The second-order valence-corrected chi connectivity index (χ2v) is 5.55. The first-order chi connectivity index (χ1) is 9.36. The molecule has 0 saturated carbocycles. The molecule has 0 aliphatic heterocycles. The van der Waals surface area contributed by atoms with Crippen molar-refractivity contribution in [2.45, 2.75) is 46.0 Å². The van der Waals surface area contributed by atoms with Gasteiger partial charge in [-0.25, -0.2) is 4.79 Å². The smallest absolute Gasteiger partial charge is 0.330 e. The van der Waals surface area contributed by atoms with Crippen molar-refractivity contribution in [3.8, 4) is 5.75 Å². The van der Waals surface area contributed by atoms with Crippen LogP contribution in [0.2, 0.25) is 0 Å². The summed E-state index contributed by atoms with van der Waals surface area (Å²) >= 11 is 0. The Bertz CT molecular complexity index is 458. The number of carbonyl (C=O) groups excluding carboxylic acids is 1. The van der Waals surface area contributed by atoms with E-state index in [1.54, 1.807) is 0 Å². The van der Waals surface area contributed by atoms with Crippen LogP contribution in [0.5, 0.6) is 5.75 Å². The highest BCUT2D eigenvalue weighted by atomic mass is 16.5. The van der Waals surface area contributed by atoms with E-state index in [1.165, 1.54) is 0 Å². The number of ether oxygens (including phenoxy) is 1. The molecule has 110 valence electrons. The zero-order valence-electron chi connectivity index (χ0n) is 12.8. The third-order valence-corrected chi connectivity index (χ3v) is 3.27. The van der Waals surface area contributed by atoms with E-state index in [9.17, 15) is 9.90 Å². The first-order valence-electron chi connectivity index (χ1n) is 7.01. The summed E-state index contributed by atoms with van der Waals surface area (Å²) in [5.41, 5.74) is 2.97. The fraction of sp³-hybridized carbons (Fsp3) is 0.471. The lowest BCUT2D eigenvalue weighted by Crippen LogP contribution is -2.06. The molecule has 20 heavy (non-hydrogen) atoms. The van der Waals surface area contributed by atoms with E-state index in [-0.39, 0.29) is 11.8 Å². The van der Waals surface area contributed by atoms with Crippen molar-refractivity contribution >= 4 is 5.97 Å². The summed E-state index contributed by atoms with van der Waals surface area (Å²) in [4.78, 5) is 11.0. The van der Waals surface area contributed by atoms with Crippen molar-refractivity contribution in [1.29, 1.82) is 0 Å². The van der Waals surface area contributed by atoms with Crippen molar-refractivity contribution in [1.82, 2.24) is 0 Å². The Hall–Kier alpha value is -1.77. The van der Waals surface area contributed by atoms with E-state index in [0.29, 0.717) is 18.8 Å². The zero-order valence-corrected chi connectivity index (χ0v) is 12.8. The highest BCUT2D eigenvalue weighted by molar-refractivity contribution is 5.81. The molecule has 0 amide bonds. The van der Waals surface area contributed by atoms with Crippen molar-refractivity contribution in [3.05, 3.63) is 41.5 Å². The van der Waals surface area contributed by atoms with Crippen LogP contribution >= 0.6 is 0 Å². The maximum atomic E-state index is 11.0. The van der Waals surface area contributed by atoms with Gasteiger partial charge in [-0.1, -0.05) is 46.4 Å². The number of aromatic hydroxyl groups is 1. The molecule has 1 rings (SSSR count). The van der Waals surface area contributed by atoms with E-state index >= 15 is 0 Å². The Morgan fingerprint density at radius 1 is 1.25 bits per heavy atom. The van der Waals surface area contributed by atoms with Crippen LogP contribution in [0.1, 0.15) is 56.2 Å². The van der Waals surface area contributed by atoms with Gasteiger partial charge in [0, 0.05) is 12.5 Å². The molecule has 3 heteroatoms. The quantitative estimate of drug-likeness (QED) is 0.633. The molecule has 0 unspecified atom stereocenters. The lowest BCUT2D eigenvalue weighted by molar-refractivity contribution is -0.137. The number of phenols is 1. The van der Waals surface area contributed by atoms with Gasteiger partial charge in [-0.15, -0.1) is 0 Å². The Morgan fingerprint density at radius 2 is 1.75 bits per heavy atom. The van der Waals surface area contributed by atoms with Crippen LogP contribution in [0.15, 0.2) is 24.8 Å². The number of benzene rings is 1. The fourth-order valence-corrected chi connectivity index (χ4v) is 2.10. The van der Waals surface area contributed by atoms with Gasteiger partial charge in [-0.05, 0) is 28.5 Å². The zero-order chi connectivity index (χ0) is 15.3. The highest BCUT2D eigenvalue weighted by Crippen LogP contribution is 2.34. The SMILES string of the molecule is C=CC(=O)OCCc1cc(C(C)C)c(O)c(C(C)C)c1. The fourth-order valence-electron chi connectivity index (χ4n) is 2.10. The monoisotopic (exact) mass is 276 g/mol. The predicted molar refractivity (Wildman–Crippen MR) is 81.1 cm³/mol. The molecule has 0 heterocycles. The largest absolute Gasteiger partial charge is 0.507 e. The van der Waals surface area contributed by atoms with E-state index < -0.39 is 5.97 Å². The number of esters is 1. The van der Waals surface area contributed by atoms with E-state index in [2.05, 4.69) is 34.3 Å². The molecule has 1 aromatic carbocycles. The predicted octanol–water partition coefficient (Wildman–Crippen LogP) is 3.91. The Labute approximate surface area is 121 Å². The summed E-state index contributed by atoms with van der Waals surface area (Å²) in [6.45, 7) is 11.9. The molecule has 0 aliphatic rings. The van der Waals surface area contributed by atoms with Crippen LogP contribution in [0.4, 0.5) is 0 Å². The van der Waals surface area contributed by atoms with Crippen LogP contribution in [-0.2, 0) is 16.0 Å². The first kappa shape index (κ1) is 16.3. The van der Waals surface area contributed by atoms with Crippen LogP contribution in [0.3, 0.4) is 0 Å². The van der Waals surface area contributed by atoms with Gasteiger partial charge in [0.15, 0.2) is 0 Å². The molecule has 1 N–H and O–H groups in total. The van der Waals surface area contributed by atoms with E-state index in [4.69, 9.17) is 4.74 Å². The number of phenolic OH excluding ortho intramolecular Hbond substituents is 1. The average molecular weight is 276 g/mol. The van der Waals surface area contributed by atoms with Gasteiger partial charge in [0.2, 0.25) is 0 Å². The topological polar surface area (TPSA) is 46.5 Å². The standard InChI is InChI=1S/C17H24O3/c1-6-16(18)20-8-7-13-9-14(11(2)3)17(19)15(10-13)12(4)5/h6,9-12,19H,1,7-8H2,2-5H3. The molecule has 0 aromatic heterocycles. The van der Waals surface area contributed by atoms with Crippen LogP contribution in [0.25, 0.3) is 0 Å². The van der Waals surface area contributed by atoms with Crippen molar-refractivity contribution in [2.24, 2.45) is 0 Å². The van der Waals surface area contributed by atoms with Gasteiger partial charge < -0.3 is 9.84 Å². The molecule has 0 bridgehead atoms. The van der Waals surface area contributed by atoms with Crippen molar-refractivity contribution in [2.75, 3.05) is 6.61 Å². The molecule has 0 aliphatic carbocycles. The molecular weight excluding hydrogens is 252 g/mol. The lowest BCUT2D eigenvalue weighted by Gasteiger charge is -2.17. The van der Waals surface area contributed by atoms with Crippen molar-refractivity contribution < 1.29 is 14.6 Å². The second-order valence-electron chi connectivity index (χ2n) is 5.55. The maximum absolute atomic E-state index is 11.0. The summed E-state index contributed by atoms with van der Waals surface area (Å²) in [6.07, 6.45) is 1.80. The average Bonchev–Trinajstić information content (AvgIpc) is 2.39. The molecule has 0 saturated heterocycles. The molecule has 0 fully saturated rings. The van der Waals surface area contributed by atoms with Gasteiger partial charge in [0.1, 0.15) is 5.75 Å². The first-order valence-corrected chi connectivity index (χ1v) is 7.01. The molecule has 0 spiro atoms. The minimum absolute atomic E-state index is 0.253. The van der Waals surface area contributed by atoms with Crippen LogP contribution in [0, 0.1) is 0 Å². The van der Waals surface area contributed by atoms with Crippen LogP contribution < -0.4 is 0 Å². The summed E-state index contributed by atoms with van der Waals surface area (Å²) in [5.74, 6) is 0.491. The molecule has 0 atom stereocenters. The molecule has 1 aromatic rings. The molecular formula is C17H24O3. The molecule has 0 radical (unpaired) electrons. The lowest BCUT2D eigenvalue weighted by atomic mass is 9.91. The van der Waals surface area contributed by atoms with Gasteiger partial charge in [0.25, 0.3) is 0 Å². The van der Waals surface area contributed by atoms with Gasteiger partial charge in [-0.2, -0.15) is 0 Å². The Kier molecular flexibility index (Phi) is 5.81. The number of carbonyl (C=O) groups is 1. The normalized spacial score (nSPS) is 10.9. The van der Waals surface area contributed by atoms with Gasteiger partial charge in [-0.3, -0.25) is 0 Å². The number of rotatable bonds is 6. The van der Waals surface area contributed by atoms with Crippen molar-refractivity contribution in [3.63, 3.8) is 0 Å².